The average Bonchev–Trinajstić information content (AvgIpc) is 3.36. The Kier molecular flexibility index (Phi) is 4.73. The number of nitrogens with one attached hydrogen (secondary N) is 2. The Morgan fingerprint density at radius 1 is 1.21 bits per heavy atom. The summed E-state index contributed by atoms with van der Waals surface area (Å²) in [4.78, 5) is 23.4. The topological polar surface area (TPSA) is 84.3 Å². The van der Waals surface area contributed by atoms with E-state index in [1.807, 2.05) is 0 Å². The Hall–Kier alpha value is -2.11. The number of nitro groups is 1. The molecule has 24 heavy (non-hydrogen) atoms. The number of hydrogen-bond donors (Lipinski definition) is 2. The van der Waals surface area contributed by atoms with E-state index in [-0.39, 0.29) is 17.6 Å². The van der Waals surface area contributed by atoms with E-state index >= 15 is 0 Å². The first-order valence-electron chi connectivity index (χ1n) is 8.81. The van der Waals surface area contributed by atoms with Gasteiger partial charge in [0.15, 0.2) is 0 Å². The van der Waals surface area contributed by atoms with Gasteiger partial charge in [-0.05, 0) is 43.2 Å². The minimum absolute atomic E-state index is 0.0281. The van der Waals surface area contributed by atoms with E-state index in [4.69, 9.17) is 0 Å². The van der Waals surface area contributed by atoms with Crippen LogP contribution in [0.1, 0.15) is 56.3 Å². The number of nitrogens with zero attached hydrogens (tertiary/aromatic N) is 1. The van der Waals surface area contributed by atoms with E-state index in [9.17, 15) is 14.9 Å². The molecule has 2 aliphatic carbocycles. The summed E-state index contributed by atoms with van der Waals surface area (Å²) in [6.45, 7) is 4.38. The lowest BCUT2D eigenvalue weighted by Gasteiger charge is -2.34. The van der Waals surface area contributed by atoms with Crippen molar-refractivity contribution >= 4 is 17.3 Å². The van der Waals surface area contributed by atoms with Crippen LogP contribution in [0.15, 0.2) is 18.2 Å². The summed E-state index contributed by atoms with van der Waals surface area (Å²) < 4.78 is 0. The molecule has 1 aromatic carbocycles. The van der Waals surface area contributed by atoms with Crippen molar-refractivity contribution in [3.63, 3.8) is 0 Å². The van der Waals surface area contributed by atoms with Crippen LogP contribution in [0.5, 0.6) is 0 Å². The third-order valence-electron chi connectivity index (χ3n) is 5.42. The molecule has 0 unspecified atom stereocenters. The number of carbonyl (C=O) groups is 1. The van der Waals surface area contributed by atoms with E-state index in [1.54, 1.807) is 12.1 Å². The number of benzene rings is 1. The molecule has 130 valence electrons. The molecule has 2 N–H and O–H groups in total. The number of carbonyl (C=O) groups excluding carboxylic acids is 1. The predicted octanol–water partition coefficient (Wildman–Crippen LogP) is 3.72. The maximum Gasteiger partial charge on any atom is 0.293 e. The first-order valence-corrected chi connectivity index (χ1v) is 8.81. The van der Waals surface area contributed by atoms with Crippen LogP contribution in [0.3, 0.4) is 0 Å². The summed E-state index contributed by atoms with van der Waals surface area (Å²) in [5, 5.41) is 17.5. The van der Waals surface area contributed by atoms with Gasteiger partial charge in [-0.15, -0.1) is 0 Å². The third-order valence-corrected chi connectivity index (χ3v) is 5.42. The highest BCUT2D eigenvalue weighted by Crippen LogP contribution is 2.32. The van der Waals surface area contributed by atoms with Gasteiger partial charge in [0, 0.05) is 23.7 Å². The summed E-state index contributed by atoms with van der Waals surface area (Å²) in [5.74, 6) is 0.791. The fourth-order valence-electron chi connectivity index (χ4n) is 3.43. The molecular weight excluding hydrogens is 306 g/mol. The largest absolute Gasteiger partial charge is 0.377 e. The predicted molar refractivity (Wildman–Crippen MR) is 93.2 cm³/mol. The minimum atomic E-state index is -0.424. The quantitative estimate of drug-likeness (QED) is 0.636. The molecular formula is C18H25N3O3. The van der Waals surface area contributed by atoms with Crippen LogP contribution in [0.4, 0.5) is 11.4 Å². The minimum Gasteiger partial charge on any atom is -0.377 e. The Morgan fingerprint density at radius 3 is 2.62 bits per heavy atom. The molecule has 0 aliphatic heterocycles. The lowest BCUT2D eigenvalue weighted by Crippen LogP contribution is -2.43. The van der Waals surface area contributed by atoms with Gasteiger partial charge < -0.3 is 10.6 Å². The second kappa shape index (κ2) is 6.79. The molecule has 0 spiro atoms. The van der Waals surface area contributed by atoms with E-state index in [2.05, 4.69) is 24.5 Å². The molecule has 3 rings (SSSR count). The maximum absolute atomic E-state index is 12.5. The number of nitro benzene ring substituents is 1. The summed E-state index contributed by atoms with van der Waals surface area (Å²) in [7, 11) is 0. The highest BCUT2D eigenvalue weighted by atomic mass is 16.6. The molecule has 2 fully saturated rings. The number of anilines is 1. The van der Waals surface area contributed by atoms with Crippen LogP contribution in [0.2, 0.25) is 0 Å². The number of hydrogen-bond acceptors (Lipinski definition) is 4. The molecule has 3 atom stereocenters. The molecule has 6 nitrogen and oxygen atoms in total. The number of rotatable bonds is 5. The molecule has 0 radical (unpaired) electrons. The van der Waals surface area contributed by atoms with Crippen molar-refractivity contribution in [3.05, 3.63) is 33.9 Å². The normalized spacial score (nSPS) is 26.7. The van der Waals surface area contributed by atoms with Gasteiger partial charge in [0.05, 0.1) is 4.92 Å². The molecule has 0 bridgehead atoms. The Bertz CT molecular complexity index is 642. The second-order valence-corrected chi connectivity index (χ2v) is 7.25. The molecule has 1 amide bonds. The van der Waals surface area contributed by atoms with Crippen molar-refractivity contribution < 1.29 is 9.72 Å². The third kappa shape index (κ3) is 3.68. The monoisotopic (exact) mass is 331 g/mol. The lowest BCUT2D eigenvalue weighted by molar-refractivity contribution is -0.384. The molecule has 2 aliphatic rings. The van der Waals surface area contributed by atoms with Crippen molar-refractivity contribution in [3.8, 4) is 0 Å². The smallest absolute Gasteiger partial charge is 0.293 e. The van der Waals surface area contributed by atoms with E-state index in [1.165, 1.54) is 12.5 Å². The number of amides is 1. The van der Waals surface area contributed by atoms with Gasteiger partial charge in [0.25, 0.3) is 11.6 Å². The van der Waals surface area contributed by atoms with Crippen molar-refractivity contribution in [2.24, 2.45) is 11.8 Å². The Balaban J connectivity index is 1.74. The van der Waals surface area contributed by atoms with Gasteiger partial charge in [0.1, 0.15) is 5.69 Å². The molecule has 1 aromatic rings. The fraction of sp³-hybridized carbons (Fsp3) is 0.611. The zero-order valence-electron chi connectivity index (χ0n) is 14.2. The second-order valence-electron chi connectivity index (χ2n) is 7.25. The standard InChI is InChI=1S/C18H25N3O3/c1-11-4-3-5-15(12(11)2)20-18(22)13-6-9-16(19-14-7-8-14)17(10-13)21(23)24/h6,9-12,14-15,19H,3-5,7-8H2,1-2H3,(H,20,22)/t11-,12+,15+/m0/s1. The van der Waals surface area contributed by atoms with Crippen LogP contribution in [0.25, 0.3) is 0 Å². The molecule has 0 aromatic heterocycles. The van der Waals surface area contributed by atoms with Crippen LogP contribution in [-0.4, -0.2) is 22.9 Å². The van der Waals surface area contributed by atoms with Gasteiger partial charge in [-0.1, -0.05) is 26.7 Å². The zero-order chi connectivity index (χ0) is 17.3. The van der Waals surface area contributed by atoms with Crippen molar-refractivity contribution in [2.75, 3.05) is 5.32 Å². The zero-order valence-corrected chi connectivity index (χ0v) is 14.2. The van der Waals surface area contributed by atoms with Crippen LogP contribution in [0, 0.1) is 22.0 Å². The van der Waals surface area contributed by atoms with Crippen LogP contribution < -0.4 is 10.6 Å². The van der Waals surface area contributed by atoms with Gasteiger partial charge in [-0.2, -0.15) is 0 Å². The fourth-order valence-corrected chi connectivity index (χ4v) is 3.43. The van der Waals surface area contributed by atoms with Gasteiger partial charge >= 0.3 is 0 Å². The summed E-state index contributed by atoms with van der Waals surface area (Å²) in [6, 6.07) is 5.18. The molecule has 2 saturated carbocycles. The summed E-state index contributed by atoms with van der Waals surface area (Å²) in [6.07, 6.45) is 5.36. The van der Waals surface area contributed by atoms with E-state index in [0.29, 0.717) is 29.1 Å². The van der Waals surface area contributed by atoms with Gasteiger partial charge in [-0.3, -0.25) is 14.9 Å². The van der Waals surface area contributed by atoms with Crippen LogP contribution >= 0.6 is 0 Å². The highest BCUT2D eigenvalue weighted by Gasteiger charge is 2.29. The summed E-state index contributed by atoms with van der Waals surface area (Å²) in [5.41, 5.74) is 0.826. The van der Waals surface area contributed by atoms with Gasteiger partial charge in [-0.25, -0.2) is 0 Å². The highest BCUT2D eigenvalue weighted by molar-refractivity contribution is 5.96. The van der Waals surface area contributed by atoms with Crippen LogP contribution in [-0.2, 0) is 0 Å². The molecule has 0 saturated heterocycles. The van der Waals surface area contributed by atoms with Crippen molar-refractivity contribution in [2.45, 2.75) is 58.0 Å². The SMILES string of the molecule is C[C@@H]1[C@@H](C)CCC[C@H]1NC(=O)c1ccc(NC2CC2)c([N+](=O)[O-])c1. The van der Waals surface area contributed by atoms with E-state index in [0.717, 1.165) is 25.7 Å². The lowest BCUT2D eigenvalue weighted by atomic mass is 9.78. The van der Waals surface area contributed by atoms with Crippen molar-refractivity contribution in [1.29, 1.82) is 0 Å². The Morgan fingerprint density at radius 2 is 1.96 bits per heavy atom. The van der Waals surface area contributed by atoms with E-state index < -0.39 is 4.92 Å². The first kappa shape index (κ1) is 16.7. The average molecular weight is 331 g/mol. The maximum atomic E-state index is 12.5. The summed E-state index contributed by atoms with van der Waals surface area (Å²) >= 11 is 0. The molecule has 6 heteroatoms. The first-order chi connectivity index (χ1) is 11.5. The van der Waals surface area contributed by atoms with Gasteiger partial charge in [0.2, 0.25) is 0 Å². The molecule has 0 heterocycles. The Labute approximate surface area is 142 Å². The van der Waals surface area contributed by atoms with Crippen molar-refractivity contribution in [1.82, 2.24) is 5.32 Å².